The molecule has 0 atom stereocenters. The minimum Gasteiger partial charge on any atom is -0.492 e. The molecule has 0 aliphatic heterocycles. The van der Waals surface area contributed by atoms with Crippen LogP contribution in [0.25, 0.3) is 0 Å². The number of nitrogens with one attached hydrogen (secondary N) is 1. The maximum Gasteiger partial charge on any atom is 0.260 e. The number of rotatable bonds is 5. The van der Waals surface area contributed by atoms with E-state index in [0.29, 0.717) is 35.4 Å². The zero-order chi connectivity index (χ0) is 14.5. The standard InChI is InChI=1S/C15H18N2O3/c1-10(2)9-19-13-7-5-4-6-12(13)15(18)16-14-8-11(3)20-17-14/h4-8,10H,9H2,1-3H3,(H,16,17,18). The van der Waals surface area contributed by atoms with E-state index >= 15 is 0 Å². The van der Waals surface area contributed by atoms with Gasteiger partial charge in [-0.25, -0.2) is 0 Å². The molecule has 2 rings (SSSR count). The molecule has 1 N–H and O–H groups in total. The number of hydrogen-bond acceptors (Lipinski definition) is 4. The van der Waals surface area contributed by atoms with Gasteiger partial charge in [0, 0.05) is 6.07 Å². The van der Waals surface area contributed by atoms with Gasteiger partial charge in [0.2, 0.25) is 0 Å². The number of anilines is 1. The molecule has 0 spiro atoms. The molecule has 1 aromatic heterocycles. The fraction of sp³-hybridized carbons (Fsp3) is 0.333. The number of carbonyl (C=O) groups excluding carboxylic acids is 1. The second kappa shape index (κ2) is 6.23. The molecule has 20 heavy (non-hydrogen) atoms. The van der Waals surface area contributed by atoms with Gasteiger partial charge in [0.05, 0.1) is 12.2 Å². The van der Waals surface area contributed by atoms with Crippen LogP contribution in [0.15, 0.2) is 34.9 Å². The first kappa shape index (κ1) is 14.1. The second-order valence-corrected chi connectivity index (χ2v) is 4.98. The predicted octanol–water partition coefficient (Wildman–Crippen LogP) is 3.27. The van der Waals surface area contributed by atoms with Crippen molar-refractivity contribution >= 4 is 11.7 Å². The number of carbonyl (C=O) groups is 1. The molecule has 2 aromatic rings. The zero-order valence-electron chi connectivity index (χ0n) is 11.8. The molecule has 0 fully saturated rings. The van der Waals surface area contributed by atoms with E-state index < -0.39 is 0 Å². The van der Waals surface area contributed by atoms with Crippen molar-refractivity contribution in [3.05, 3.63) is 41.7 Å². The van der Waals surface area contributed by atoms with Crippen molar-refractivity contribution in [3.63, 3.8) is 0 Å². The minimum absolute atomic E-state index is 0.266. The van der Waals surface area contributed by atoms with Crippen LogP contribution in [0.2, 0.25) is 0 Å². The molecule has 0 saturated heterocycles. The molecule has 1 aromatic carbocycles. The van der Waals surface area contributed by atoms with E-state index in [2.05, 4.69) is 24.3 Å². The van der Waals surface area contributed by atoms with E-state index in [-0.39, 0.29) is 5.91 Å². The summed E-state index contributed by atoms with van der Waals surface area (Å²) in [5.41, 5.74) is 0.480. The topological polar surface area (TPSA) is 64.4 Å². The molecule has 106 valence electrons. The Morgan fingerprint density at radius 2 is 2.15 bits per heavy atom. The summed E-state index contributed by atoms with van der Waals surface area (Å²) in [5, 5.41) is 6.42. The first-order chi connectivity index (χ1) is 9.56. The Kier molecular flexibility index (Phi) is 4.40. The second-order valence-electron chi connectivity index (χ2n) is 4.98. The fourth-order valence-corrected chi connectivity index (χ4v) is 1.65. The lowest BCUT2D eigenvalue weighted by Gasteiger charge is -2.12. The summed E-state index contributed by atoms with van der Waals surface area (Å²) in [6.07, 6.45) is 0. The van der Waals surface area contributed by atoms with Crippen LogP contribution >= 0.6 is 0 Å². The highest BCUT2D eigenvalue weighted by atomic mass is 16.5. The molecule has 0 bridgehead atoms. The Morgan fingerprint density at radius 3 is 2.80 bits per heavy atom. The largest absolute Gasteiger partial charge is 0.492 e. The number of ether oxygens (including phenoxy) is 1. The third-order valence-electron chi connectivity index (χ3n) is 2.57. The molecule has 0 aliphatic rings. The Balaban J connectivity index is 2.12. The van der Waals surface area contributed by atoms with Crippen molar-refractivity contribution in [2.75, 3.05) is 11.9 Å². The van der Waals surface area contributed by atoms with Crippen molar-refractivity contribution < 1.29 is 14.1 Å². The lowest BCUT2D eigenvalue weighted by atomic mass is 10.2. The predicted molar refractivity (Wildman–Crippen MR) is 76.0 cm³/mol. The highest BCUT2D eigenvalue weighted by Gasteiger charge is 2.14. The van der Waals surface area contributed by atoms with Gasteiger partial charge in [0.25, 0.3) is 5.91 Å². The van der Waals surface area contributed by atoms with Crippen molar-refractivity contribution in [2.24, 2.45) is 5.92 Å². The van der Waals surface area contributed by atoms with E-state index in [4.69, 9.17) is 9.26 Å². The first-order valence-corrected chi connectivity index (χ1v) is 6.52. The van der Waals surface area contributed by atoms with Crippen LogP contribution in [0.5, 0.6) is 5.75 Å². The maximum atomic E-state index is 12.2. The quantitative estimate of drug-likeness (QED) is 0.908. The number of amides is 1. The smallest absolute Gasteiger partial charge is 0.260 e. The van der Waals surface area contributed by atoms with Gasteiger partial charge in [-0.15, -0.1) is 0 Å². The molecule has 5 heteroatoms. The van der Waals surface area contributed by atoms with E-state index in [9.17, 15) is 4.79 Å². The Morgan fingerprint density at radius 1 is 1.40 bits per heavy atom. The third kappa shape index (κ3) is 3.60. The van der Waals surface area contributed by atoms with Crippen molar-refractivity contribution in [3.8, 4) is 5.75 Å². The van der Waals surface area contributed by atoms with Crippen LogP contribution < -0.4 is 10.1 Å². The molecular weight excluding hydrogens is 256 g/mol. The van der Waals surface area contributed by atoms with Crippen LogP contribution in [0.4, 0.5) is 5.82 Å². The maximum absolute atomic E-state index is 12.2. The number of aryl methyl sites for hydroxylation is 1. The van der Waals surface area contributed by atoms with E-state index in [1.807, 2.05) is 6.07 Å². The number of para-hydroxylation sites is 1. The van der Waals surface area contributed by atoms with E-state index in [1.54, 1.807) is 31.2 Å². The van der Waals surface area contributed by atoms with Gasteiger partial charge in [0.1, 0.15) is 11.5 Å². The van der Waals surface area contributed by atoms with Crippen molar-refractivity contribution in [1.29, 1.82) is 0 Å². The lowest BCUT2D eigenvalue weighted by Crippen LogP contribution is -2.15. The van der Waals surface area contributed by atoms with Gasteiger partial charge >= 0.3 is 0 Å². The summed E-state index contributed by atoms with van der Waals surface area (Å²) in [7, 11) is 0. The van der Waals surface area contributed by atoms with Gasteiger partial charge in [0.15, 0.2) is 5.82 Å². The van der Waals surface area contributed by atoms with Crippen LogP contribution in [-0.2, 0) is 0 Å². The summed E-state index contributed by atoms with van der Waals surface area (Å²) in [4.78, 5) is 12.2. The van der Waals surface area contributed by atoms with Gasteiger partial charge in [-0.2, -0.15) is 0 Å². The van der Waals surface area contributed by atoms with Crippen LogP contribution in [0.1, 0.15) is 30.0 Å². The molecule has 0 saturated carbocycles. The van der Waals surface area contributed by atoms with Crippen LogP contribution in [0, 0.1) is 12.8 Å². The highest BCUT2D eigenvalue weighted by Crippen LogP contribution is 2.20. The molecular formula is C15H18N2O3. The molecule has 1 heterocycles. The van der Waals surface area contributed by atoms with Crippen LogP contribution in [0.3, 0.4) is 0 Å². The van der Waals surface area contributed by atoms with Crippen LogP contribution in [-0.4, -0.2) is 17.7 Å². The van der Waals surface area contributed by atoms with E-state index in [1.165, 1.54) is 0 Å². The minimum atomic E-state index is -0.266. The molecule has 0 aliphatic carbocycles. The fourth-order valence-electron chi connectivity index (χ4n) is 1.65. The summed E-state index contributed by atoms with van der Waals surface area (Å²) < 4.78 is 10.6. The monoisotopic (exact) mass is 274 g/mol. The summed E-state index contributed by atoms with van der Waals surface area (Å²) in [5.74, 6) is 1.73. The van der Waals surface area contributed by atoms with Gasteiger partial charge in [-0.3, -0.25) is 4.79 Å². The Labute approximate surface area is 117 Å². The summed E-state index contributed by atoms with van der Waals surface area (Å²) >= 11 is 0. The van der Waals surface area contributed by atoms with E-state index in [0.717, 1.165) is 0 Å². The molecule has 0 radical (unpaired) electrons. The molecule has 1 amide bonds. The average molecular weight is 274 g/mol. The first-order valence-electron chi connectivity index (χ1n) is 6.52. The number of nitrogens with zero attached hydrogens (tertiary/aromatic N) is 1. The SMILES string of the molecule is Cc1cc(NC(=O)c2ccccc2OCC(C)C)no1. The van der Waals surface area contributed by atoms with Crippen molar-refractivity contribution in [2.45, 2.75) is 20.8 Å². The third-order valence-corrected chi connectivity index (χ3v) is 2.57. The van der Waals surface area contributed by atoms with Gasteiger partial charge < -0.3 is 14.6 Å². The van der Waals surface area contributed by atoms with Gasteiger partial charge in [-0.05, 0) is 25.0 Å². The number of aromatic nitrogens is 1. The lowest BCUT2D eigenvalue weighted by molar-refractivity contribution is 0.102. The zero-order valence-corrected chi connectivity index (χ0v) is 11.8. The Bertz CT molecular complexity index is 590. The average Bonchev–Trinajstić information content (AvgIpc) is 2.82. The normalized spacial score (nSPS) is 10.6. The summed E-state index contributed by atoms with van der Waals surface area (Å²) in [6.45, 7) is 6.44. The number of hydrogen-bond donors (Lipinski definition) is 1. The van der Waals surface area contributed by atoms with Crippen molar-refractivity contribution in [1.82, 2.24) is 5.16 Å². The van der Waals surface area contributed by atoms with Gasteiger partial charge in [-0.1, -0.05) is 31.1 Å². The molecule has 0 unspecified atom stereocenters. The summed E-state index contributed by atoms with van der Waals surface area (Å²) in [6, 6.07) is 8.80. The Hall–Kier alpha value is -2.30. The number of benzene rings is 1. The molecule has 5 nitrogen and oxygen atoms in total. The highest BCUT2D eigenvalue weighted by molar-refractivity contribution is 6.05.